The van der Waals surface area contributed by atoms with Gasteiger partial charge in [0.05, 0.1) is 5.56 Å². The molecular weight excluding hydrogens is 207 g/mol. The number of hydrogen-bond donors (Lipinski definition) is 2. The normalized spacial score (nSPS) is 10.1. The van der Waals surface area contributed by atoms with Gasteiger partial charge in [-0.25, -0.2) is 14.4 Å². The molecule has 0 saturated carbocycles. The average Bonchev–Trinajstić information content (AvgIpc) is 2.28. The first kappa shape index (κ1) is 10.4. The van der Waals surface area contributed by atoms with Gasteiger partial charge >= 0.3 is 0 Å². The number of nitrogens with one attached hydrogen (secondary N) is 1. The van der Waals surface area contributed by atoms with Crippen LogP contribution in [0.15, 0.2) is 30.3 Å². The molecule has 0 aliphatic rings. The summed E-state index contributed by atoms with van der Waals surface area (Å²) in [6.07, 6.45) is 0. The van der Waals surface area contributed by atoms with E-state index in [9.17, 15) is 4.39 Å². The van der Waals surface area contributed by atoms with Gasteiger partial charge in [-0.1, -0.05) is 12.1 Å². The maximum atomic E-state index is 13.5. The molecule has 16 heavy (non-hydrogen) atoms. The second-order valence-corrected chi connectivity index (χ2v) is 3.23. The average molecular weight is 218 g/mol. The largest absolute Gasteiger partial charge is 0.384 e. The molecule has 0 amide bonds. The van der Waals surface area contributed by atoms with Crippen molar-refractivity contribution in [2.75, 3.05) is 18.1 Å². The van der Waals surface area contributed by atoms with Crippen molar-refractivity contribution in [1.29, 1.82) is 0 Å². The number of halogens is 1. The number of aromatic nitrogens is 2. The van der Waals surface area contributed by atoms with Crippen LogP contribution in [0.2, 0.25) is 0 Å². The van der Waals surface area contributed by atoms with Gasteiger partial charge in [-0.05, 0) is 12.1 Å². The lowest BCUT2D eigenvalue weighted by Gasteiger charge is -2.05. The van der Waals surface area contributed by atoms with Crippen LogP contribution in [0.3, 0.4) is 0 Å². The summed E-state index contributed by atoms with van der Waals surface area (Å²) < 4.78 is 13.5. The lowest BCUT2D eigenvalue weighted by Crippen LogP contribution is -2.01. The Kier molecular flexibility index (Phi) is 2.68. The maximum Gasteiger partial charge on any atom is 0.166 e. The fourth-order valence-corrected chi connectivity index (χ4v) is 1.36. The molecule has 0 fully saturated rings. The summed E-state index contributed by atoms with van der Waals surface area (Å²) in [7, 11) is 1.72. The van der Waals surface area contributed by atoms with Crippen molar-refractivity contribution in [3.05, 3.63) is 36.1 Å². The zero-order valence-electron chi connectivity index (χ0n) is 8.74. The van der Waals surface area contributed by atoms with Crippen molar-refractivity contribution in [2.24, 2.45) is 0 Å². The first-order chi connectivity index (χ1) is 7.70. The topological polar surface area (TPSA) is 63.8 Å². The highest BCUT2D eigenvalue weighted by molar-refractivity contribution is 5.60. The molecule has 0 radical (unpaired) electrons. The first-order valence-electron chi connectivity index (χ1n) is 4.78. The lowest BCUT2D eigenvalue weighted by molar-refractivity contribution is 0.630. The van der Waals surface area contributed by atoms with Crippen LogP contribution < -0.4 is 11.1 Å². The standard InChI is InChI=1S/C11H11FN4/c1-14-10-6-9(13)15-11(16-10)7-4-2-3-5-8(7)12/h2-6H,1H3,(H3,13,14,15,16). The van der Waals surface area contributed by atoms with Gasteiger partial charge in [0.2, 0.25) is 0 Å². The third-order valence-corrected chi connectivity index (χ3v) is 2.12. The molecule has 82 valence electrons. The lowest BCUT2D eigenvalue weighted by atomic mass is 10.2. The van der Waals surface area contributed by atoms with E-state index in [1.165, 1.54) is 6.07 Å². The highest BCUT2D eigenvalue weighted by Crippen LogP contribution is 2.21. The first-order valence-corrected chi connectivity index (χ1v) is 4.78. The molecule has 5 heteroatoms. The smallest absolute Gasteiger partial charge is 0.166 e. The van der Waals surface area contributed by atoms with Crippen LogP contribution in [0.25, 0.3) is 11.4 Å². The van der Waals surface area contributed by atoms with Gasteiger partial charge in [-0.3, -0.25) is 0 Å². The predicted octanol–water partition coefficient (Wildman–Crippen LogP) is 1.91. The third-order valence-electron chi connectivity index (χ3n) is 2.12. The molecule has 0 atom stereocenters. The minimum Gasteiger partial charge on any atom is -0.384 e. The summed E-state index contributed by atoms with van der Waals surface area (Å²) >= 11 is 0. The summed E-state index contributed by atoms with van der Waals surface area (Å²) in [5.74, 6) is 0.779. The van der Waals surface area contributed by atoms with Gasteiger partial charge < -0.3 is 11.1 Å². The molecule has 1 aromatic heterocycles. The SMILES string of the molecule is CNc1cc(N)nc(-c2ccccc2F)n1. The van der Waals surface area contributed by atoms with E-state index in [1.54, 1.807) is 31.3 Å². The highest BCUT2D eigenvalue weighted by atomic mass is 19.1. The molecule has 1 heterocycles. The van der Waals surface area contributed by atoms with Gasteiger partial charge in [0.25, 0.3) is 0 Å². The van der Waals surface area contributed by atoms with E-state index in [4.69, 9.17) is 5.73 Å². The van der Waals surface area contributed by atoms with Crippen LogP contribution in [-0.2, 0) is 0 Å². The molecule has 3 N–H and O–H groups in total. The quantitative estimate of drug-likeness (QED) is 0.808. The van der Waals surface area contributed by atoms with Crippen LogP contribution in [0.4, 0.5) is 16.0 Å². The number of nitrogens with zero attached hydrogens (tertiary/aromatic N) is 2. The fraction of sp³-hybridized carbons (Fsp3) is 0.0909. The summed E-state index contributed by atoms with van der Waals surface area (Å²) in [6, 6.07) is 7.91. The Morgan fingerprint density at radius 1 is 1.25 bits per heavy atom. The molecular formula is C11H11FN4. The van der Waals surface area contributed by atoms with Crippen molar-refractivity contribution in [2.45, 2.75) is 0 Å². The number of nitrogens with two attached hydrogens (primary N) is 1. The Morgan fingerprint density at radius 2 is 2.00 bits per heavy atom. The molecule has 1 aromatic carbocycles. The monoisotopic (exact) mass is 218 g/mol. The van der Waals surface area contributed by atoms with E-state index >= 15 is 0 Å². The van der Waals surface area contributed by atoms with Crippen molar-refractivity contribution in [1.82, 2.24) is 9.97 Å². The molecule has 0 bridgehead atoms. The minimum absolute atomic E-state index is 0.280. The fourth-order valence-electron chi connectivity index (χ4n) is 1.36. The van der Waals surface area contributed by atoms with Crippen LogP contribution >= 0.6 is 0 Å². The van der Waals surface area contributed by atoms with Crippen molar-refractivity contribution < 1.29 is 4.39 Å². The Balaban J connectivity index is 2.56. The molecule has 0 aliphatic carbocycles. The molecule has 0 aliphatic heterocycles. The zero-order chi connectivity index (χ0) is 11.5. The second kappa shape index (κ2) is 4.14. The summed E-state index contributed by atoms with van der Waals surface area (Å²) in [5, 5.41) is 2.84. The molecule has 4 nitrogen and oxygen atoms in total. The van der Waals surface area contributed by atoms with E-state index < -0.39 is 0 Å². The Hall–Kier alpha value is -2.17. The minimum atomic E-state index is -0.366. The number of rotatable bonds is 2. The molecule has 0 unspecified atom stereocenters. The summed E-state index contributed by atoms with van der Waals surface area (Å²) in [4.78, 5) is 8.14. The Bertz CT molecular complexity index is 513. The number of benzene rings is 1. The van der Waals surface area contributed by atoms with Crippen LogP contribution in [-0.4, -0.2) is 17.0 Å². The van der Waals surface area contributed by atoms with Gasteiger partial charge in [-0.2, -0.15) is 0 Å². The number of anilines is 2. The molecule has 0 saturated heterocycles. The van der Waals surface area contributed by atoms with E-state index in [-0.39, 0.29) is 11.6 Å². The van der Waals surface area contributed by atoms with E-state index in [2.05, 4.69) is 15.3 Å². The van der Waals surface area contributed by atoms with Gasteiger partial charge in [0.15, 0.2) is 5.82 Å². The van der Waals surface area contributed by atoms with Gasteiger partial charge in [0, 0.05) is 13.1 Å². The maximum absolute atomic E-state index is 13.5. The number of hydrogen-bond acceptors (Lipinski definition) is 4. The summed E-state index contributed by atoms with van der Waals surface area (Å²) in [5.41, 5.74) is 5.95. The van der Waals surface area contributed by atoms with E-state index in [1.807, 2.05) is 0 Å². The van der Waals surface area contributed by atoms with Crippen LogP contribution in [0, 0.1) is 5.82 Å². The van der Waals surface area contributed by atoms with Gasteiger partial charge in [0.1, 0.15) is 17.5 Å². The van der Waals surface area contributed by atoms with Gasteiger partial charge in [-0.15, -0.1) is 0 Å². The summed E-state index contributed by atoms with van der Waals surface area (Å²) in [6.45, 7) is 0. The molecule has 0 spiro atoms. The van der Waals surface area contributed by atoms with Crippen LogP contribution in [0.1, 0.15) is 0 Å². The molecule has 2 aromatic rings. The number of nitrogen functional groups attached to an aromatic ring is 1. The second-order valence-electron chi connectivity index (χ2n) is 3.23. The van der Waals surface area contributed by atoms with Crippen LogP contribution in [0.5, 0.6) is 0 Å². The van der Waals surface area contributed by atoms with Crippen molar-refractivity contribution >= 4 is 11.6 Å². The zero-order valence-corrected chi connectivity index (χ0v) is 8.74. The highest BCUT2D eigenvalue weighted by Gasteiger charge is 2.08. The van der Waals surface area contributed by atoms with E-state index in [0.29, 0.717) is 17.2 Å². The third kappa shape index (κ3) is 1.93. The van der Waals surface area contributed by atoms with Crippen molar-refractivity contribution in [3.8, 4) is 11.4 Å². The van der Waals surface area contributed by atoms with E-state index in [0.717, 1.165) is 0 Å². The predicted molar refractivity (Wildman–Crippen MR) is 61.4 cm³/mol. The Morgan fingerprint density at radius 3 is 2.69 bits per heavy atom. The Labute approximate surface area is 92.3 Å². The van der Waals surface area contributed by atoms with Crippen molar-refractivity contribution in [3.63, 3.8) is 0 Å². The molecule has 2 rings (SSSR count).